The number of aliphatic hydroxyl groups excluding tert-OH is 1. The first-order chi connectivity index (χ1) is 32.4. The SMILES string of the molecule is [B]C/C([B])=C([B])\C(CCO)=C(/c1cc([B])c2oc3c([B])c4c(cc3c2c1[B])c1c([B])c([B])c([B])c([B])c1c1c([B])c([B])c([B])c([B])c41)c1c([B])c([B])c([B])c([B])c1Cc1c([B])c([B])c([B])c([B])c1C. The fraction of sp³-hybridized carbons (Fsp3) is 0.111. The third kappa shape index (κ3) is 7.51. The monoisotopic (exact) mass is 828 g/mol. The molecule has 8 aromatic rings. The van der Waals surface area contributed by atoms with E-state index >= 15 is 0 Å². The topological polar surface area (TPSA) is 33.4 Å². The fourth-order valence-electron chi connectivity index (χ4n) is 9.59. The summed E-state index contributed by atoms with van der Waals surface area (Å²) in [4.78, 5) is 0. The van der Waals surface area contributed by atoms with Gasteiger partial charge in [-0.15, -0.1) is 71.0 Å². The van der Waals surface area contributed by atoms with Crippen LogP contribution in [0.2, 0.25) is 6.32 Å². The highest BCUT2D eigenvalue weighted by atomic mass is 16.3. The average Bonchev–Trinajstić information content (AvgIpc) is 3.73. The lowest BCUT2D eigenvalue weighted by Crippen LogP contribution is -2.52. The van der Waals surface area contributed by atoms with Crippen LogP contribution in [0.5, 0.6) is 0 Å². The van der Waals surface area contributed by atoms with Crippen LogP contribution in [0, 0.1) is 6.92 Å². The van der Waals surface area contributed by atoms with E-state index in [-0.39, 0.29) is 194 Å². The number of hydrogen-bond acceptors (Lipinski definition) is 2. The standard InChI is InChI=1S/C45H14B22O2/c1-8-10(28(52)37(61)36(60)25(8)49)4-12-20(31(55)39(63)38(62)29(12)53)17(9(2-3-68)26(50)16(48)7-46)13-6-15(47)45-21(27(13)51)14-5-11-18-22(32(56)41(65)40(64)30(18)54)24-23(19(11)35(59)44(14)69-45)33(57)42(66)43(67)34(24)58/h5-6,68H,2-4,7H2,1H3/b17-9+,26-16-. The molecule has 1 heterocycles. The molecular weight excluding hydrogens is 810 g/mol. The molecule has 0 unspecified atom stereocenters. The largest absolute Gasteiger partial charge is 0.457 e. The van der Waals surface area contributed by atoms with Crippen molar-refractivity contribution in [2.75, 3.05) is 6.61 Å². The Balaban J connectivity index is 1.62. The minimum absolute atomic E-state index is 0.00142. The lowest BCUT2D eigenvalue weighted by molar-refractivity contribution is 0.300. The van der Waals surface area contributed by atoms with Gasteiger partial charge in [0.25, 0.3) is 0 Å². The molecule has 0 saturated heterocycles. The summed E-state index contributed by atoms with van der Waals surface area (Å²) in [6, 6.07) is 3.23. The van der Waals surface area contributed by atoms with E-state index in [1.165, 1.54) is 6.07 Å². The highest BCUT2D eigenvalue weighted by Crippen LogP contribution is 2.38. The summed E-state index contributed by atoms with van der Waals surface area (Å²) in [6.45, 7) is 1.24. The van der Waals surface area contributed by atoms with Gasteiger partial charge < -0.3 is 9.52 Å². The number of fused-ring (bicyclic) bond motifs is 9. The average molecular weight is 824 g/mol. The first-order valence-corrected chi connectivity index (χ1v) is 21.0. The van der Waals surface area contributed by atoms with E-state index < -0.39 is 6.61 Å². The molecule has 8 rings (SSSR count). The van der Waals surface area contributed by atoms with Crippen LogP contribution in [0.1, 0.15) is 34.2 Å². The van der Waals surface area contributed by atoms with Gasteiger partial charge >= 0.3 is 0 Å². The summed E-state index contributed by atoms with van der Waals surface area (Å²) >= 11 is 0. The predicted molar refractivity (Wildman–Crippen MR) is 316 cm³/mol. The normalized spacial score (nSPS) is 12.7. The second-order valence-electron chi connectivity index (χ2n) is 17.0. The molecule has 0 spiro atoms. The maximum absolute atomic E-state index is 10.7. The molecule has 24 heteroatoms. The number of allylic oxidation sites excluding steroid dienone is 2. The van der Waals surface area contributed by atoms with Crippen LogP contribution in [0.4, 0.5) is 0 Å². The van der Waals surface area contributed by atoms with Crippen LogP contribution in [0.15, 0.2) is 33.1 Å². The zero-order valence-corrected chi connectivity index (χ0v) is 37.5. The van der Waals surface area contributed by atoms with Gasteiger partial charge in [0.15, 0.2) is 0 Å². The van der Waals surface area contributed by atoms with Crippen molar-refractivity contribution in [3.8, 4) is 0 Å². The molecule has 272 valence electrons. The molecule has 0 aliphatic heterocycles. The highest BCUT2D eigenvalue weighted by Gasteiger charge is 2.28. The smallest absolute Gasteiger partial charge is 0.128 e. The van der Waals surface area contributed by atoms with Crippen LogP contribution < -0.4 is 104 Å². The number of benzene rings is 7. The zero-order valence-electron chi connectivity index (χ0n) is 37.5. The van der Waals surface area contributed by atoms with E-state index in [0.717, 1.165) is 0 Å². The Hall–Kier alpha value is -4.01. The Morgan fingerprint density at radius 1 is 0.464 bits per heavy atom. The van der Waals surface area contributed by atoms with E-state index in [0.29, 0.717) is 32.7 Å². The molecule has 1 N–H and O–H groups in total. The first-order valence-electron chi connectivity index (χ1n) is 21.0. The lowest BCUT2D eigenvalue weighted by Gasteiger charge is -2.30. The van der Waals surface area contributed by atoms with Crippen LogP contribution >= 0.6 is 0 Å². The Bertz CT molecular complexity index is 3690. The van der Waals surface area contributed by atoms with Crippen LogP contribution in [-0.2, 0) is 6.42 Å². The first kappa shape index (κ1) is 51.3. The van der Waals surface area contributed by atoms with Gasteiger partial charge in [-0.05, 0) is 97.0 Å². The van der Waals surface area contributed by atoms with Crippen molar-refractivity contribution in [1.29, 1.82) is 0 Å². The molecule has 44 radical (unpaired) electrons. The van der Waals surface area contributed by atoms with Gasteiger partial charge in [0.1, 0.15) is 176 Å². The van der Waals surface area contributed by atoms with Gasteiger partial charge in [-0.2, -0.15) is 0 Å². The van der Waals surface area contributed by atoms with Crippen LogP contribution in [0.25, 0.3) is 59.8 Å². The predicted octanol–water partition coefficient (Wildman–Crippen LogP) is -12.7. The summed E-state index contributed by atoms with van der Waals surface area (Å²) in [6.07, 6.45) is -0.457. The quantitative estimate of drug-likeness (QED) is 0.0941. The number of rotatable bonds is 8. The second kappa shape index (κ2) is 18.5. The summed E-state index contributed by atoms with van der Waals surface area (Å²) in [5, 5.41) is 13.1. The summed E-state index contributed by atoms with van der Waals surface area (Å²) in [7, 11) is 147. The van der Waals surface area contributed by atoms with Crippen molar-refractivity contribution in [2.24, 2.45) is 0 Å². The van der Waals surface area contributed by atoms with Gasteiger partial charge in [0.05, 0.1) is 7.85 Å². The molecule has 1 aromatic heterocycles. The Morgan fingerprint density at radius 3 is 1.43 bits per heavy atom. The minimum atomic E-state index is -0.471. The molecule has 0 fully saturated rings. The Kier molecular flexibility index (Phi) is 13.8. The maximum Gasteiger partial charge on any atom is 0.128 e. The number of furan rings is 1. The van der Waals surface area contributed by atoms with Gasteiger partial charge in [-0.1, -0.05) is 56.2 Å². The molecule has 0 bridgehead atoms. The molecule has 0 amide bonds. The van der Waals surface area contributed by atoms with E-state index in [2.05, 4.69) is 0 Å². The maximum atomic E-state index is 10.7. The van der Waals surface area contributed by atoms with Gasteiger partial charge in [-0.25, -0.2) is 0 Å². The molecule has 0 saturated carbocycles. The van der Waals surface area contributed by atoms with Crippen molar-refractivity contribution >= 4 is 336 Å². The molecule has 69 heavy (non-hydrogen) atoms. The molecule has 0 aliphatic rings. The Labute approximate surface area is 432 Å². The third-order valence-corrected chi connectivity index (χ3v) is 13.5. The van der Waals surface area contributed by atoms with E-state index in [4.69, 9.17) is 177 Å². The van der Waals surface area contributed by atoms with Crippen LogP contribution in [-0.4, -0.2) is 184 Å². The van der Waals surface area contributed by atoms with E-state index in [1.54, 1.807) is 13.0 Å². The second-order valence-corrected chi connectivity index (χ2v) is 17.0. The molecule has 2 nitrogen and oxygen atoms in total. The van der Waals surface area contributed by atoms with Crippen molar-refractivity contribution in [3.63, 3.8) is 0 Å². The summed E-state index contributed by atoms with van der Waals surface area (Å²) < 4.78 is 6.56. The fourth-order valence-corrected chi connectivity index (χ4v) is 9.59. The third-order valence-electron chi connectivity index (χ3n) is 13.5. The highest BCUT2D eigenvalue weighted by molar-refractivity contribution is 6.74. The van der Waals surface area contributed by atoms with Crippen LogP contribution in [0.3, 0.4) is 0 Å². The Morgan fingerprint density at radius 2 is 0.913 bits per heavy atom. The van der Waals surface area contributed by atoms with Crippen molar-refractivity contribution < 1.29 is 9.52 Å². The number of aliphatic hydroxyl groups is 1. The van der Waals surface area contributed by atoms with Crippen molar-refractivity contribution in [3.05, 3.63) is 56.5 Å². The molecule has 7 aromatic carbocycles. The summed E-state index contributed by atoms with van der Waals surface area (Å²) in [5.74, 6) is 0. The van der Waals surface area contributed by atoms with Crippen molar-refractivity contribution in [1.82, 2.24) is 0 Å². The van der Waals surface area contributed by atoms with Gasteiger partial charge in [-0.3, -0.25) is 0 Å². The van der Waals surface area contributed by atoms with E-state index in [9.17, 15) is 5.11 Å². The zero-order chi connectivity index (χ0) is 50.9. The van der Waals surface area contributed by atoms with Gasteiger partial charge in [0, 0.05) is 17.4 Å². The lowest BCUT2D eigenvalue weighted by atomic mass is 9.59. The number of hydrogen-bond donors (Lipinski definition) is 1. The molecule has 0 aliphatic carbocycles. The minimum Gasteiger partial charge on any atom is -0.457 e. The molecule has 0 atom stereocenters. The van der Waals surface area contributed by atoms with Gasteiger partial charge in [0.2, 0.25) is 0 Å². The summed E-state index contributed by atoms with van der Waals surface area (Å²) in [5.41, 5.74) is 2.57. The molecular formula is C45H14B22O2. The van der Waals surface area contributed by atoms with E-state index in [1.807, 2.05) is 0 Å². The van der Waals surface area contributed by atoms with Crippen molar-refractivity contribution in [2.45, 2.75) is 26.1 Å².